The fraction of sp³-hybridized carbons (Fsp3) is 0.385. The molecule has 19 heavy (non-hydrogen) atoms. The number of carbonyl (C=O) groups excluding carboxylic acids is 1. The molecule has 0 saturated heterocycles. The van der Waals surface area contributed by atoms with E-state index in [2.05, 4.69) is 0 Å². The van der Waals surface area contributed by atoms with E-state index in [0.717, 1.165) is 0 Å². The lowest BCUT2D eigenvalue weighted by molar-refractivity contribution is -0.147. The highest BCUT2D eigenvalue weighted by Crippen LogP contribution is 2.23. The first-order valence-corrected chi connectivity index (χ1v) is 5.86. The highest BCUT2D eigenvalue weighted by molar-refractivity contribution is 5.94. The molecule has 0 radical (unpaired) electrons. The van der Waals surface area contributed by atoms with Crippen molar-refractivity contribution in [2.45, 2.75) is 25.9 Å². The van der Waals surface area contributed by atoms with Crippen LogP contribution in [0.15, 0.2) is 18.2 Å². The zero-order valence-corrected chi connectivity index (χ0v) is 10.9. The summed E-state index contributed by atoms with van der Waals surface area (Å²) in [6, 6.07) is 4.45. The van der Waals surface area contributed by atoms with Crippen molar-refractivity contribution in [1.82, 2.24) is 0 Å². The molecule has 1 unspecified atom stereocenters. The van der Waals surface area contributed by atoms with E-state index in [-0.39, 0.29) is 17.7 Å². The molecule has 0 bridgehead atoms. The molecule has 0 aliphatic heterocycles. The molecule has 0 fully saturated rings. The van der Waals surface area contributed by atoms with Crippen LogP contribution in [0.4, 0.5) is 5.69 Å². The van der Waals surface area contributed by atoms with Crippen LogP contribution in [-0.2, 0) is 9.53 Å². The molecular formula is C13H17NO5. The predicted molar refractivity (Wildman–Crippen MR) is 69.2 cm³/mol. The van der Waals surface area contributed by atoms with Crippen LogP contribution in [-0.4, -0.2) is 30.3 Å². The van der Waals surface area contributed by atoms with E-state index in [1.54, 1.807) is 0 Å². The van der Waals surface area contributed by atoms with Gasteiger partial charge in [-0.25, -0.2) is 9.59 Å². The molecule has 6 nitrogen and oxygen atoms in total. The Labute approximate surface area is 111 Å². The maximum Gasteiger partial charge on any atom is 0.345 e. The van der Waals surface area contributed by atoms with E-state index < -0.39 is 18.0 Å². The third-order valence-corrected chi connectivity index (χ3v) is 2.52. The number of nitrogens with two attached hydrogens (primary N) is 1. The van der Waals surface area contributed by atoms with Gasteiger partial charge in [0.1, 0.15) is 11.3 Å². The first-order chi connectivity index (χ1) is 8.99. The summed E-state index contributed by atoms with van der Waals surface area (Å²) in [5.74, 6) is -1.65. The normalized spacial score (nSPS) is 11.7. The van der Waals surface area contributed by atoms with Crippen molar-refractivity contribution in [3.8, 4) is 5.75 Å². The van der Waals surface area contributed by atoms with Gasteiger partial charge in [-0.3, -0.25) is 0 Å². The molecule has 0 aliphatic carbocycles. The van der Waals surface area contributed by atoms with Crippen molar-refractivity contribution in [3.63, 3.8) is 0 Å². The van der Waals surface area contributed by atoms with Crippen LogP contribution in [0.25, 0.3) is 0 Å². The van der Waals surface area contributed by atoms with Crippen LogP contribution in [0.3, 0.4) is 0 Å². The highest BCUT2D eigenvalue weighted by atomic mass is 16.6. The molecule has 1 aromatic rings. The minimum absolute atomic E-state index is 0.152. The molecule has 1 rings (SSSR count). The summed E-state index contributed by atoms with van der Waals surface area (Å²) in [7, 11) is 1.40. The van der Waals surface area contributed by atoms with Gasteiger partial charge < -0.3 is 20.3 Å². The fourth-order valence-electron chi connectivity index (χ4n) is 1.56. The lowest BCUT2D eigenvalue weighted by Crippen LogP contribution is -2.27. The van der Waals surface area contributed by atoms with Gasteiger partial charge in [0.15, 0.2) is 6.10 Å². The van der Waals surface area contributed by atoms with Gasteiger partial charge in [-0.15, -0.1) is 0 Å². The third-order valence-electron chi connectivity index (χ3n) is 2.52. The molecule has 1 aromatic carbocycles. The summed E-state index contributed by atoms with van der Waals surface area (Å²) < 4.78 is 9.98. The second-order valence-electron chi connectivity index (χ2n) is 3.98. The number of carboxylic acids is 1. The van der Waals surface area contributed by atoms with Crippen LogP contribution < -0.4 is 10.5 Å². The number of esters is 1. The highest BCUT2D eigenvalue weighted by Gasteiger charge is 2.23. The van der Waals surface area contributed by atoms with E-state index in [0.29, 0.717) is 12.1 Å². The Kier molecular flexibility index (Phi) is 5.17. The van der Waals surface area contributed by atoms with Gasteiger partial charge in [0.05, 0.1) is 7.11 Å². The molecule has 6 heteroatoms. The van der Waals surface area contributed by atoms with Crippen molar-refractivity contribution >= 4 is 17.6 Å². The maximum atomic E-state index is 11.9. The molecule has 1 atom stereocenters. The maximum absolute atomic E-state index is 11.9. The topological polar surface area (TPSA) is 98.9 Å². The number of anilines is 1. The molecule has 0 aromatic heterocycles. The average molecular weight is 267 g/mol. The van der Waals surface area contributed by atoms with Crippen LogP contribution in [0, 0.1) is 0 Å². The zero-order valence-electron chi connectivity index (χ0n) is 10.9. The number of benzene rings is 1. The molecule has 0 heterocycles. The van der Waals surface area contributed by atoms with Gasteiger partial charge in [-0.1, -0.05) is 13.3 Å². The average Bonchev–Trinajstić information content (AvgIpc) is 2.37. The van der Waals surface area contributed by atoms with Crippen molar-refractivity contribution in [3.05, 3.63) is 23.8 Å². The fourth-order valence-corrected chi connectivity index (χ4v) is 1.56. The van der Waals surface area contributed by atoms with Crippen molar-refractivity contribution in [2.75, 3.05) is 12.8 Å². The number of ether oxygens (including phenoxy) is 2. The van der Waals surface area contributed by atoms with Crippen LogP contribution in [0.5, 0.6) is 5.75 Å². The number of methoxy groups -OCH3 is 1. The largest absolute Gasteiger partial charge is 0.496 e. The number of hydrogen-bond acceptors (Lipinski definition) is 5. The van der Waals surface area contributed by atoms with Crippen LogP contribution in [0.2, 0.25) is 0 Å². The first kappa shape index (κ1) is 14.8. The lowest BCUT2D eigenvalue weighted by Gasteiger charge is -2.14. The standard InChI is InChI=1S/C13H17NO5/c1-3-4-10(12(15)16)19-13(17)9-6-5-8(14)7-11(9)18-2/h5-7,10H,3-4,14H2,1-2H3,(H,15,16). The van der Waals surface area contributed by atoms with Gasteiger partial charge >= 0.3 is 11.9 Å². The first-order valence-electron chi connectivity index (χ1n) is 5.86. The zero-order chi connectivity index (χ0) is 14.4. The van der Waals surface area contributed by atoms with Gasteiger partial charge in [0, 0.05) is 11.8 Å². The SMILES string of the molecule is CCCC(OC(=O)c1ccc(N)cc1OC)C(=O)O. The Morgan fingerprint density at radius 1 is 1.42 bits per heavy atom. The van der Waals surface area contributed by atoms with Gasteiger partial charge in [0.2, 0.25) is 0 Å². The molecule has 0 aliphatic rings. The van der Waals surface area contributed by atoms with Crippen molar-refractivity contribution in [2.24, 2.45) is 0 Å². The Morgan fingerprint density at radius 2 is 2.11 bits per heavy atom. The summed E-state index contributed by atoms with van der Waals surface area (Å²) in [6.07, 6.45) is -0.290. The summed E-state index contributed by atoms with van der Waals surface area (Å²) in [6.45, 7) is 1.81. The summed E-state index contributed by atoms with van der Waals surface area (Å²) in [5, 5.41) is 8.94. The Morgan fingerprint density at radius 3 is 2.63 bits per heavy atom. The van der Waals surface area contributed by atoms with Crippen LogP contribution in [0.1, 0.15) is 30.1 Å². The summed E-state index contributed by atoms with van der Waals surface area (Å²) in [4.78, 5) is 22.9. The van der Waals surface area contributed by atoms with E-state index >= 15 is 0 Å². The molecular weight excluding hydrogens is 250 g/mol. The van der Waals surface area contributed by atoms with Gasteiger partial charge in [-0.2, -0.15) is 0 Å². The van der Waals surface area contributed by atoms with Gasteiger partial charge in [0.25, 0.3) is 0 Å². The van der Waals surface area contributed by atoms with Gasteiger partial charge in [-0.05, 0) is 18.6 Å². The quantitative estimate of drug-likeness (QED) is 0.601. The predicted octanol–water partition coefficient (Wildman–Crippen LogP) is 1.69. The van der Waals surface area contributed by atoms with E-state index in [1.165, 1.54) is 25.3 Å². The Balaban J connectivity index is 2.91. The number of rotatable bonds is 6. The minimum atomic E-state index is -1.16. The summed E-state index contributed by atoms with van der Waals surface area (Å²) in [5.41, 5.74) is 6.17. The number of hydrogen-bond donors (Lipinski definition) is 2. The molecule has 3 N–H and O–H groups in total. The van der Waals surface area contributed by atoms with Crippen LogP contribution >= 0.6 is 0 Å². The number of carbonyl (C=O) groups is 2. The number of nitrogen functional groups attached to an aromatic ring is 1. The van der Waals surface area contributed by atoms with Crippen molar-refractivity contribution < 1.29 is 24.2 Å². The molecule has 0 spiro atoms. The minimum Gasteiger partial charge on any atom is -0.496 e. The molecule has 0 amide bonds. The monoisotopic (exact) mass is 267 g/mol. The number of aliphatic carboxylic acids is 1. The van der Waals surface area contributed by atoms with E-state index in [4.69, 9.17) is 20.3 Å². The third kappa shape index (κ3) is 3.87. The van der Waals surface area contributed by atoms with E-state index in [9.17, 15) is 9.59 Å². The lowest BCUT2D eigenvalue weighted by atomic mass is 10.1. The Bertz CT molecular complexity index is 472. The van der Waals surface area contributed by atoms with Crippen molar-refractivity contribution in [1.29, 1.82) is 0 Å². The molecule has 104 valence electrons. The molecule has 0 saturated carbocycles. The Hall–Kier alpha value is -2.24. The van der Waals surface area contributed by atoms with E-state index in [1.807, 2.05) is 6.92 Å². The second-order valence-corrected chi connectivity index (χ2v) is 3.98. The smallest absolute Gasteiger partial charge is 0.345 e. The number of carboxylic acid groups (broad SMARTS) is 1. The summed E-state index contributed by atoms with van der Waals surface area (Å²) >= 11 is 0. The second kappa shape index (κ2) is 6.63.